The summed E-state index contributed by atoms with van der Waals surface area (Å²) in [5, 5.41) is 16.1. The second-order valence-electron chi connectivity index (χ2n) is 3.71. The van der Waals surface area contributed by atoms with Gasteiger partial charge in [-0.3, -0.25) is 4.79 Å². The van der Waals surface area contributed by atoms with Gasteiger partial charge in [0.25, 0.3) is 0 Å². The SMILES string of the molecule is C=C(C)C(=O)OC.C=C(CC(=O)O)C(=O)O.C=CC(=O)OCC. The third-order valence-electron chi connectivity index (χ3n) is 1.65. The van der Waals surface area contributed by atoms with Crippen molar-refractivity contribution in [3.8, 4) is 0 Å². The van der Waals surface area contributed by atoms with Gasteiger partial charge in [0.05, 0.1) is 20.1 Å². The van der Waals surface area contributed by atoms with E-state index in [2.05, 4.69) is 29.2 Å². The fourth-order valence-corrected chi connectivity index (χ4v) is 0.634. The maximum Gasteiger partial charge on any atom is 0.332 e. The van der Waals surface area contributed by atoms with E-state index >= 15 is 0 Å². The molecule has 0 amide bonds. The Balaban J connectivity index is -0.000000264. The summed E-state index contributed by atoms with van der Waals surface area (Å²) >= 11 is 0. The molecule has 0 spiro atoms. The Kier molecular flexibility index (Phi) is 16.9. The van der Waals surface area contributed by atoms with Crippen LogP contribution in [0.4, 0.5) is 0 Å². The Labute approximate surface area is 134 Å². The third-order valence-corrected chi connectivity index (χ3v) is 1.65. The van der Waals surface area contributed by atoms with Crippen molar-refractivity contribution in [3.05, 3.63) is 37.0 Å². The summed E-state index contributed by atoms with van der Waals surface area (Å²) in [5.74, 6) is -3.15. The summed E-state index contributed by atoms with van der Waals surface area (Å²) in [4.78, 5) is 39.9. The summed E-state index contributed by atoms with van der Waals surface area (Å²) in [7, 11) is 1.33. The van der Waals surface area contributed by atoms with E-state index in [1.807, 2.05) is 0 Å². The second kappa shape index (κ2) is 15.5. The molecule has 2 N–H and O–H groups in total. The molecule has 0 aliphatic rings. The van der Waals surface area contributed by atoms with Gasteiger partial charge in [0.2, 0.25) is 0 Å². The zero-order chi connectivity index (χ0) is 19.0. The third kappa shape index (κ3) is 21.5. The summed E-state index contributed by atoms with van der Waals surface area (Å²) in [6.45, 7) is 13.3. The number of carbonyl (C=O) groups excluding carboxylic acids is 2. The highest BCUT2D eigenvalue weighted by Gasteiger charge is 2.07. The Bertz CT molecular complexity index is 460. The van der Waals surface area contributed by atoms with E-state index in [-0.39, 0.29) is 17.5 Å². The molecule has 0 saturated carbocycles. The molecule has 0 saturated heterocycles. The molecule has 0 bridgehead atoms. The highest BCUT2D eigenvalue weighted by atomic mass is 16.5. The van der Waals surface area contributed by atoms with Crippen LogP contribution in [0.3, 0.4) is 0 Å². The number of ether oxygens (including phenoxy) is 2. The van der Waals surface area contributed by atoms with Crippen molar-refractivity contribution >= 4 is 23.9 Å². The van der Waals surface area contributed by atoms with E-state index in [1.165, 1.54) is 7.11 Å². The van der Waals surface area contributed by atoms with Gasteiger partial charge >= 0.3 is 23.9 Å². The maximum absolute atomic E-state index is 10.2. The quantitative estimate of drug-likeness (QED) is 0.555. The minimum Gasteiger partial charge on any atom is -0.481 e. The molecule has 8 nitrogen and oxygen atoms in total. The lowest BCUT2D eigenvalue weighted by Crippen LogP contribution is -2.04. The predicted octanol–water partition coefficient (Wildman–Crippen LogP) is 1.57. The molecule has 130 valence electrons. The van der Waals surface area contributed by atoms with Gasteiger partial charge in [0.15, 0.2) is 0 Å². The molecule has 0 aliphatic heterocycles. The Morgan fingerprint density at radius 1 is 1.13 bits per heavy atom. The van der Waals surface area contributed by atoms with E-state index < -0.39 is 18.4 Å². The van der Waals surface area contributed by atoms with Gasteiger partial charge in [0.1, 0.15) is 0 Å². The number of carboxylic acids is 2. The topological polar surface area (TPSA) is 127 Å². The van der Waals surface area contributed by atoms with E-state index in [9.17, 15) is 19.2 Å². The van der Waals surface area contributed by atoms with Gasteiger partial charge in [-0.15, -0.1) is 0 Å². The lowest BCUT2D eigenvalue weighted by Gasteiger charge is -1.91. The lowest BCUT2D eigenvalue weighted by molar-refractivity contribution is -0.139. The standard InChI is InChI=1S/C5H6O4.2C5H8O2/c1-3(5(8)9)2-4(6)7;1-4(2)5(6)7-3;1-3-5(6)7-4-2/h1-2H2,(H,6,7)(H,8,9);1H2,2-3H3;3H,1,4H2,2H3. The van der Waals surface area contributed by atoms with Gasteiger partial charge in [-0.2, -0.15) is 0 Å². The van der Waals surface area contributed by atoms with Crippen LogP contribution in [0.15, 0.2) is 37.0 Å². The molecule has 0 aromatic carbocycles. The molecule has 8 heteroatoms. The van der Waals surface area contributed by atoms with E-state index in [0.29, 0.717) is 12.2 Å². The number of methoxy groups -OCH3 is 1. The Morgan fingerprint density at radius 2 is 1.61 bits per heavy atom. The fourth-order valence-electron chi connectivity index (χ4n) is 0.634. The fraction of sp³-hybridized carbons (Fsp3) is 0.333. The molecule has 23 heavy (non-hydrogen) atoms. The number of rotatable bonds is 6. The number of hydrogen-bond donors (Lipinski definition) is 2. The Hall–Kier alpha value is -2.90. The molecule has 0 radical (unpaired) electrons. The van der Waals surface area contributed by atoms with Crippen molar-refractivity contribution in [1.82, 2.24) is 0 Å². The van der Waals surface area contributed by atoms with Crippen LogP contribution in [-0.4, -0.2) is 47.8 Å². The highest BCUT2D eigenvalue weighted by molar-refractivity contribution is 5.91. The van der Waals surface area contributed by atoms with E-state index in [1.54, 1.807) is 13.8 Å². The van der Waals surface area contributed by atoms with Crippen LogP contribution < -0.4 is 0 Å². The second-order valence-corrected chi connectivity index (χ2v) is 3.71. The van der Waals surface area contributed by atoms with E-state index in [4.69, 9.17) is 10.2 Å². The number of esters is 2. The van der Waals surface area contributed by atoms with Gasteiger partial charge in [-0.1, -0.05) is 19.7 Å². The minimum atomic E-state index is -1.27. The van der Waals surface area contributed by atoms with Crippen molar-refractivity contribution in [1.29, 1.82) is 0 Å². The average Bonchev–Trinajstić information content (AvgIpc) is 2.46. The zero-order valence-corrected chi connectivity index (χ0v) is 13.5. The van der Waals surface area contributed by atoms with Crippen LogP contribution in [0.2, 0.25) is 0 Å². The number of aliphatic carboxylic acids is 2. The number of hydrogen-bond acceptors (Lipinski definition) is 6. The summed E-state index contributed by atoms with van der Waals surface area (Å²) in [6.07, 6.45) is 0.638. The number of carboxylic acid groups (broad SMARTS) is 2. The largest absolute Gasteiger partial charge is 0.481 e. The normalized spacial score (nSPS) is 7.96. The molecule has 0 rings (SSSR count). The molecule has 0 aromatic heterocycles. The van der Waals surface area contributed by atoms with Gasteiger partial charge < -0.3 is 19.7 Å². The van der Waals surface area contributed by atoms with Crippen molar-refractivity contribution < 1.29 is 38.9 Å². The van der Waals surface area contributed by atoms with Crippen molar-refractivity contribution in [3.63, 3.8) is 0 Å². The van der Waals surface area contributed by atoms with Crippen LogP contribution in [-0.2, 0) is 28.7 Å². The van der Waals surface area contributed by atoms with Crippen LogP contribution in [0.1, 0.15) is 20.3 Å². The van der Waals surface area contributed by atoms with Crippen molar-refractivity contribution in [2.24, 2.45) is 0 Å². The first-order chi connectivity index (χ1) is 10.5. The van der Waals surface area contributed by atoms with Crippen molar-refractivity contribution in [2.45, 2.75) is 20.3 Å². The average molecular weight is 330 g/mol. The smallest absolute Gasteiger partial charge is 0.332 e. The summed E-state index contributed by atoms with van der Waals surface area (Å²) < 4.78 is 8.71. The lowest BCUT2D eigenvalue weighted by atomic mass is 10.2. The van der Waals surface area contributed by atoms with Gasteiger partial charge in [-0.05, 0) is 13.8 Å². The van der Waals surface area contributed by atoms with Gasteiger partial charge in [-0.25, -0.2) is 14.4 Å². The molecular formula is C15H22O8. The summed E-state index contributed by atoms with van der Waals surface area (Å²) in [5.41, 5.74) is 0.130. The molecule has 0 heterocycles. The first kappa shape index (κ1) is 25.1. The van der Waals surface area contributed by atoms with Crippen molar-refractivity contribution in [2.75, 3.05) is 13.7 Å². The van der Waals surface area contributed by atoms with Crippen LogP contribution in [0, 0.1) is 0 Å². The number of carbonyl (C=O) groups is 4. The van der Waals surface area contributed by atoms with Crippen LogP contribution in [0.25, 0.3) is 0 Å². The molecule has 0 unspecified atom stereocenters. The van der Waals surface area contributed by atoms with E-state index in [0.717, 1.165) is 6.08 Å². The van der Waals surface area contributed by atoms with Crippen LogP contribution in [0.5, 0.6) is 0 Å². The molecule has 0 aliphatic carbocycles. The molecule has 0 atom stereocenters. The first-order valence-electron chi connectivity index (χ1n) is 6.19. The monoisotopic (exact) mass is 330 g/mol. The zero-order valence-electron chi connectivity index (χ0n) is 13.5. The first-order valence-corrected chi connectivity index (χ1v) is 6.19. The maximum atomic E-state index is 10.2. The summed E-state index contributed by atoms with van der Waals surface area (Å²) in [6, 6.07) is 0. The highest BCUT2D eigenvalue weighted by Crippen LogP contribution is 1.95. The predicted molar refractivity (Wildman–Crippen MR) is 82.7 cm³/mol. The molecular weight excluding hydrogens is 308 g/mol. The Morgan fingerprint density at radius 3 is 1.70 bits per heavy atom. The molecule has 0 fully saturated rings. The van der Waals surface area contributed by atoms with Crippen LogP contribution >= 0.6 is 0 Å². The minimum absolute atomic E-state index is 0.303. The molecule has 0 aromatic rings. The van der Waals surface area contributed by atoms with Gasteiger partial charge in [0, 0.05) is 17.2 Å².